The van der Waals surface area contributed by atoms with E-state index in [1.807, 2.05) is 0 Å². The second-order valence-electron chi connectivity index (χ2n) is 5.72. The minimum atomic E-state index is -1.31. The molecule has 0 bridgehead atoms. The van der Waals surface area contributed by atoms with Gasteiger partial charge in [0.15, 0.2) is 0 Å². The lowest BCUT2D eigenvalue weighted by Crippen LogP contribution is -2.49. The molecule has 122 valence electrons. The Bertz CT molecular complexity index is 356. The molecule has 0 saturated carbocycles. The molecule has 8 heteroatoms. The van der Waals surface area contributed by atoms with E-state index < -0.39 is 17.4 Å². The van der Waals surface area contributed by atoms with Crippen LogP contribution in [-0.4, -0.2) is 72.6 Å². The van der Waals surface area contributed by atoms with Crippen molar-refractivity contribution >= 4 is 11.8 Å². The van der Waals surface area contributed by atoms with Gasteiger partial charge in [-0.3, -0.25) is 15.0 Å². The molecule has 1 saturated heterocycles. The molecule has 0 aromatic rings. The van der Waals surface area contributed by atoms with E-state index >= 15 is 0 Å². The normalized spacial score (nSPS) is 18.1. The van der Waals surface area contributed by atoms with Crippen molar-refractivity contribution in [2.24, 2.45) is 5.41 Å². The van der Waals surface area contributed by atoms with E-state index in [0.29, 0.717) is 26.3 Å². The molecule has 0 aromatic heterocycles. The highest BCUT2D eigenvalue weighted by molar-refractivity contribution is 5.82. The second kappa shape index (κ2) is 8.28. The summed E-state index contributed by atoms with van der Waals surface area (Å²) in [6.07, 6.45) is -1.19. The Morgan fingerprint density at radius 3 is 2.52 bits per heavy atom. The zero-order chi connectivity index (χ0) is 15.9. The molecule has 0 radical (unpaired) electrons. The Kier molecular flexibility index (Phi) is 7.03. The van der Waals surface area contributed by atoms with Gasteiger partial charge in [-0.05, 0) is 0 Å². The Morgan fingerprint density at radius 2 is 1.95 bits per heavy atom. The molecule has 8 nitrogen and oxygen atoms in total. The van der Waals surface area contributed by atoms with Gasteiger partial charge in [0.05, 0.1) is 19.8 Å². The van der Waals surface area contributed by atoms with Crippen LogP contribution in [0.4, 0.5) is 0 Å². The molecule has 1 fully saturated rings. The second-order valence-corrected chi connectivity index (χ2v) is 5.72. The molecule has 0 spiro atoms. The zero-order valence-electron chi connectivity index (χ0n) is 12.6. The molecular formula is C13H25N3O5. The third-order valence-corrected chi connectivity index (χ3v) is 3.34. The third-order valence-electron chi connectivity index (χ3n) is 3.34. The van der Waals surface area contributed by atoms with E-state index in [0.717, 1.165) is 0 Å². The standard InChI is InChI=1S/C13H25N3O5/c1-13(2,9-17)11(19)12(20)14-4-3-10(18)15-16-5-7-21-8-6-16/h11,17,19H,3-9H2,1-2H3,(H,14,20)(H,15,18)/t11-/m0/s1. The number of morpholine rings is 1. The van der Waals surface area contributed by atoms with E-state index in [-0.39, 0.29) is 25.5 Å². The first-order valence-corrected chi connectivity index (χ1v) is 7.05. The van der Waals surface area contributed by atoms with E-state index in [1.165, 1.54) is 0 Å². The van der Waals surface area contributed by atoms with Crippen molar-refractivity contribution in [2.45, 2.75) is 26.4 Å². The minimum Gasteiger partial charge on any atom is -0.396 e. The van der Waals surface area contributed by atoms with Crippen molar-refractivity contribution < 1.29 is 24.5 Å². The maximum Gasteiger partial charge on any atom is 0.249 e. The van der Waals surface area contributed by atoms with Crippen molar-refractivity contribution in [3.8, 4) is 0 Å². The molecule has 1 heterocycles. The summed E-state index contributed by atoms with van der Waals surface area (Å²) >= 11 is 0. The lowest BCUT2D eigenvalue weighted by Gasteiger charge is -2.28. The highest BCUT2D eigenvalue weighted by Crippen LogP contribution is 2.19. The number of aliphatic hydroxyl groups is 2. The quantitative estimate of drug-likeness (QED) is 0.443. The van der Waals surface area contributed by atoms with Crippen molar-refractivity contribution in [3.05, 3.63) is 0 Å². The van der Waals surface area contributed by atoms with Crippen LogP contribution >= 0.6 is 0 Å². The molecule has 0 unspecified atom stereocenters. The number of hydrogen-bond donors (Lipinski definition) is 4. The largest absolute Gasteiger partial charge is 0.396 e. The van der Waals surface area contributed by atoms with Gasteiger partial charge < -0.3 is 20.3 Å². The van der Waals surface area contributed by atoms with Gasteiger partial charge in [0.1, 0.15) is 6.10 Å². The minimum absolute atomic E-state index is 0.120. The van der Waals surface area contributed by atoms with Crippen LogP contribution in [0.15, 0.2) is 0 Å². The monoisotopic (exact) mass is 303 g/mol. The molecule has 2 amide bonds. The fourth-order valence-corrected chi connectivity index (χ4v) is 1.74. The number of ether oxygens (including phenoxy) is 1. The highest BCUT2D eigenvalue weighted by Gasteiger charge is 2.32. The molecule has 0 aliphatic carbocycles. The molecule has 4 N–H and O–H groups in total. The average Bonchev–Trinajstić information content (AvgIpc) is 2.47. The SMILES string of the molecule is CC(C)(CO)[C@@H](O)C(=O)NCCC(=O)NN1CCOCC1. The Labute approximate surface area is 124 Å². The smallest absolute Gasteiger partial charge is 0.249 e. The molecule has 21 heavy (non-hydrogen) atoms. The summed E-state index contributed by atoms with van der Waals surface area (Å²) < 4.78 is 5.16. The number of hydrogen-bond acceptors (Lipinski definition) is 6. The van der Waals surface area contributed by atoms with Crippen LogP contribution in [0.3, 0.4) is 0 Å². The number of aliphatic hydroxyl groups excluding tert-OH is 2. The first-order valence-electron chi connectivity index (χ1n) is 7.05. The Morgan fingerprint density at radius 1 is 1.33 bits per heavy atom. The van der Waals surface area contributed by atoms with Crippen LogP contribution in [0.1, 0.15) is 20.3 Å². The third kappa shape index (κ3) is 5.96. The first-order chi connectivity index (χ1) is 9.86. The van der Waals surface area contributed by atoms with Gasteiger partial charge in [-0.1, -0.05) is 13.8 Å². The Balaban J connectivity index is 2.23. The van der Waals surface area contributed by atoms with Crippen LogP contribution in [-0.2, 0) is 14.3 Å². The van der Waals surface area contributed by atoms with Crippen molar-refractivity contribution in [2.75, 3.05) is 39.5 Å². The van der Waals surface area contributed by atoms with Crippen molar-refractivity contribution in [1.82, 2.24) is 15.8 Å². The maximum atomic E-state index is 11.7. The molecule has 1 aliphatic heterocycles. The predicted octanol–water partition coefficient (Wildman–Crippen LogP) is -1.76. The topological polar surface area (TPSA) is 111 Å². The van der Waals surface area contributed by atoms with Gasteiger partial charge in [-0.15, -0.1) is 0 Å². The summed E-state index contributed by atoms with van der Waals surface area (Å²) in [7, 11) is 0. The Hall–Kier alpha value is -1.22. The van der Waals surface area contributed by atoms with Crippen LogP contribution in [0.2, 0.25) is 0 Å². The fourth-order valence-electron chi connectivity index (χ4n) is 1.74. The number of nitrogens with zero attached hydrogens (tertiary/aromatic N) is 1. The van der Waals surface area contributed by atoms with Crippen LogP contribution in [0.5, 0.6) is 0 Å². The van der Waals surface area contributed by atoms with Gasteiger partial charge in [0.25, 0.3) is 0 Å². The van der Waals surface area contributed by atoms with Gasteiger partial charge in [0.2, 0.25) is 11.8 Å². The molecule has 1 rings (SSSR count). The van der Waals surface area contributed by atoms with Crippen LogP contribution in [0.25, 0.3) is 0 Å². The van der Waals surface area contributed by atoms with E-state index in [4.69, 9.17) is 9.84 Å². The number of carbonyl (C=O) groups is 2. The van der Waals surface area contributed by atoms with Crippen molar-refractivity contribution in [3.63, 3.8) is 0 Å². The van der Waals surface area contributed by atoms with E-state index in [2.05, 4.69) is 10.7 Å². The molecule has 0 aromatic carbocycles. The lowest BCUT2D eigenvalue weighted by molar-refractivity contribution is -0.137. The van der Waals surface area contributed by atoms with Gasteiger partial charge in [-0.25, -0.2) is 5.01 Å². The summed E-state index contributed by atoms with van der Waals surface area (Å²) in [4.78, 5) is 23.4. The number of hydrazine groups is 1. The van der Waals surface area contributed by atoms with Gasteiger partial charge in [-0.2, -0.15) is 0 Å². The number of rotatable bonds is 7. The summed E-state index contributed by atoms with van der Waals surface area (Å²) in [5.74, 6) is -0.790. The van der Waals surface area contributed by atoms with E-state index in [1.54, 1.807) is 18.9 Å². The highest BCUT2D eigenvalue weighted by atomic mass is 16.5. The number of carbonyl (C=O) groups excluding carboxylic acids is 2. The average molecular weight is 303 g/mol. The lowest BCUT2D eigenvalue weighted by atomic mass is 9.87. The van der Waals surface area contributed by atoms with Gasteiger partial charge >= 0.3 is 0 Å². The summed E-state index contributed by atoms with van der Waals surface area (Å²) in [6, 6.07) is 0. The fraction of sp³-hybridized carbons (Fsp3) is 0.846. The van der Waals surface area contributed by atoms with E-state index in [9.17, 15) is 14.7 Å². The van der Waals surface area contributed by atoms with Crippen molar-refractivity contribution in [1.29, 1.82) is 0 Å². The predicted molar refractivity (Wildman–Crippen MR) is 75.0 cm³/mol. The van der Waals surface area contributed by atoms with Gasteiger partial charge in [0, 0.05) is 31.5 Å². The van der Waals surface area contributed by atoms with Crippen LogP contribution < -0.4 is 10.7 Å². The summed E-state index contributed by atoms with van der Waals surface area (Å²) in [5.41, 5.74) is 1.81. The zero-order valence-corrected chi connectivity index (χ0v) is 12.6. The molecular weight excluding hydrogens is 278 g/mol. The maximum absolute atomic E-state index is 11.7. The number of nitrogens with one attached hydrogen (secondary N) is 2. The molecule has 1 aliphatic rings. The first kappa shape index (κ1) is 17.8. The summed E-state index contributed by atoms with van der Waals surface area (Å²) in [5, 5.41) is 23.1. The molecule has 1 atom stereocenters. The number of amides is 2. The summed E-state index contributed by atoms with van der Waals surface area (Å²) in [6.45, 7) is 5.44. The van der Waals surface area contributed by atoms with Crippen LogP contribution in [0, 0.1) is 5.41 Å².